The molecule has 15 heavy (non-hydrogen) atoms. The molecule has 0 aliphatic rings. The molecule has 0 amide bonds. The summed E-state index contributed by atoms with van der Waals surface area (Å²) in [7, 11) is 0. The second-order valence-corrected chi connectivity index (χ2v) is 3.35. The highest BCUT2D eigenvalue weighted by Gasteiger charge is 2.13. The number of carbonyl (C=O) groups is 1. The summed E-state index contributed by atoms with van der Waals surface area (Å²) in [5.74, 6) is -0.494. The number of nitrogens with two attached hydrogens (primary N) is 1. The van der Waals surface area contributed by atoms with Crippen molar-refractivity contribution in [1.82, 2.24) is 0 Å². The summed E-state index contributed by atoms with van der Waals surface area (Å²) in [4.78, 5) is 11.2. The number of rotatable bonds is 3. The van der Waals surface area contributed by atoms with Gasteiger partial charge in [-0.15, -0.1) is 0 Å². The van der Waals surface area contributed by atoms with E-state index in [1.807, 2.05) is 0 Å². The topological polar surface area (TPSA) is 72.5 Å². The SMILES string of the molecule is CCOC(=O)Cc1c(O)ccc(Cl)c1N. The highest BCUT2D eigenvalue weighted by Crippen LogP contribution is 2.30. The Kier molecular flexibility index (Phi) is 3.80. The molecule has 4 nitrogen and oxygen atoms in total. The molecule has 1 rings (SSSR count). The fourth-order valence-electron chi connectivity index (χ4n) is 1.17. The molecule has 0 unspecified atom stereocenters. The van der Waals surface area contributed by atoms with Crippen LogP contribution in [-0.4, -0.2) is 17.7 Å². The van der Waals surface area contributed by atoms with Gasteiger partial charge in [-0.3, -0.25) is 4.79 Å². The van der Waals surface area contributed by atoms with Gasteiger partial charge in [-0.25, -0.2) is 0 Å². The first kappa shape index (κ1) is 11.7. The molecule has 0 fully saturated rings. The molecular formula is C10H12ClNO3. The zero-order chi connectivity index (χ0) is 11.4. The van der Waals surface area contributed by atoms with E-state index in [-0.39, 0.29) is 17.9 Å². The van der Waals surface area contributed by atoms with Crippen LogP contribution < -0.4 is 5.73 Å². The number of nitrogen functional groups attached to an aromatic ring is 1. The van der Waals surface area contributed by atoms with Crippen molar-refractivity contribution in [2.45, 2.75) is 13.3 Å². The lowest BCUT2D eigenvalue weighted by Gasteiger charge is -2.08. The summed E-state index contributed by atoms with van der Waals surface area (Å²) in [5, 5.41) is 9.80. The number of phenolic OH excluding ortho intramolecular Hbond substituents is 1. The average Bonchev–Trinajstić information content (AvgIpc) is 2.19. The largest absolute Gasteiger partial charge is 0.508 e. The van der Waals surface area contributed by atoms with Crippen molar-refractivity contribution in [3.05, 3.63) is 22.7 Å². The maximum atomic E-state index is 11.2. The number of hydrogen-bond donors (Lipinski definition) is 2. The molecular weight excluding hydrogens is 218 g/mol. The molecule has 0 aliphatic carbocycles. The second-order valence-electron chi connectivity index (χ2n) is 2.94. The van der Waals surface area contributed by atoms with E-state index >= 15 is 0 Å². The lowest BCUT2D eigenvalue weighted by molar-refractivity contribution is -0.142. The number of aromatic hydroxyl groups is 1. The minimum absolute atomic E-state index is 0.0510. The number of hydrogen-bond acceptors (Lipinski definition) is 4. The Hall–Kier alpha value is -1.42. The smallest absolute Gasteiger partial charge is 0.310 e. The van der Waals surface area contributed by atoms with E-state index in [4.69, 9.17) is 22.1 Å². The number of anilines is 1. The van der Waals surface area contributed by atoms with Crippen LogP contribution in [0.1, 0.15) is 12.5 Å². The van der Waals surface area contributed by atoms with Crippen LogP contribution in [-0.2, 0) is 16.0 Å². The molecule has 82 valence electrons. The number of ether oxygens (including phenoxy) is 1. The van der Waals surface area contributed by atoms with Gasteiger partial charge in [0.25, 0.3) is 0 Å². The minimum Gasteiger partial charge on any atom is -0.508 e. The van der Waals surface area contributed by atoms with Crippen molar-refractivity contribution in [1.29, 1.82) is 0 Å². The van der Waals surface area contributed by atoms with E-state index in [2.05, 4.69) is 0 Å². The minimum atomic E-state index is -0.443. The summed E-state index contributed by atoms with van der Waals surface area (Å²) in [6.45, 7) is 2.00. The Balaban J connectivity index is 2.93. The highest BCUT2D eigenvalue weighted by molar-refractivity contribution is 6.33. The quantitative estimate of drug-likeness (QED) is 0.612. The fourth-order valence-corrected chi connectivity index (χ4v) is 1.34. The van der Waals surface area contributed by atoms with Gasteiger partial charge < -0.3 is 15.6 Å². The van der Waals surface area contributed by atoms with E-state index in [0.717, 1.165) is 0 Å². The molecule has 0 atom stereocenters. The van der Waals surface area contributed by atoms with Gasteiger partial charge in [0.1, 0.15) is 5.75 Å². The summed E-state index contributed by atoms with van der Waals surface area (Å²) < 4.78 is 4.75. The van der Waals surface area contributed by atoms with Gasteiger partial charge in [0.2, 0.25) is 0 Å². The van der Waals surface area contributed by atoms with Crippen molar-refractivity contribution in [2.24, 2.45) is 0 Å². The predicted octanol–water partition coefficient (Wildman–Crippen LogP) is 1.73. The lowest BCUT2D eigenvalue weighted by Crippen LogP contribution is -2.09. The van der Waals surface area contributed by atoms with E-state index in [9.17, 15) is 9.90 Å². The number of benzene rings is 1. The Morgan fingerprint density at radius 2 is 2.27 bits per heavy atom. The third-order valence-electron chi connectivity index (χ3n) is 1.91. The summed E-state index contributed by atoms with van der Waals surface area (Å²) in [6.07, 6.45) is -0.0773. The van der Waals surface area contributed by atoms with Gasteiger partial charge in [0, 0.05) is 5.56 Å². The molecule has 1 aromatic rings. The molecule has 0 spiro atoms. The predicted molar refractivity (Wildman–Crippen MR) is 57.9 cm³/mol. The second kappa shape index (κ2) is 4.89. The molecule has 1 aromatic carbocycles. The zero-order valence-electron chi connectivity index (χ0n) is 8.29. The Morgan fingerprint density at radius 3 is 2.87 bits per heavy atom. The van der Waals surface area contributed by atoms with E-state index < -0.39 is 5.97 Å². The third kappa shape index (κ3) is 2.76. The van der Waals surface area contributed by atoms with Crippen LogP contribution >= 0.6 is 11.6 Å². The van der Waals surface area contributed by atoms with Gasteiger partial charge in [-0.1, -0.05) is 11.6 Å². The van der Waals surface area contributed by atoms with Gasteiger partial charge in [0.05, 0.1) is 23.7 Å². The first-order valence-electron chi connectivity index (χ1n) is 4.47. The molecule has 5 heteroatoms. The summed E-state index contributed by atoms with van der Waals surface area (Å²) in [6, 6.07) is 2.87. The molecule has 0 saturated carbocycles. The van der Waals surface area contributed by atoms with E-state index in [1.165, 1.54) is 12.1 Å². The van der Waals surface area contributed by atoms with Crippen molar-refractivity contribution < 1.29 is 14.6 Å². The van der Waals surface area contributed by atoms with Crippen LogP contribution in [0.4, 0.5) is 5.69 Å². The van der Waals surface area contributed by atoms with Gasteiger partial charge in [-0.05, 0) is 19.1 Å². The fraction of sp³-hybridized carbons (Fsp3) is 0.300. The number of phenols is 1. The number of halogens is 1. The summed E-state index contributed by atoms with van der Waals surface area (Å²) >= 11 is 5.76. The monoisotopic (exact) mass is 229 g/mol. The normalized spacial score (nSPS) is 10.0. The zero-order valence-corrected chi connectivity index (χ0v) is 9.04. The first-order valence-corrected chi connectivity index (χ1v) is 4.85. The highest BCUT2D eigenvalue weighted by atomic mass is 35.5. The number of esters is 1. The van der Waals surface area contributed by atoms with E-state index in [0.29, 0.717) is 17.2 Å². The Labute approximate surface area is 92.6 Å². The van der Waals surface area contributed by atoms with Crippen molar-refractivity contribution in [3.8, 4) is 5.75 Å². The van der Waals surface area contributed by atoms with Crippen LogP contribution in [0, 0.1) is 0 Å². The Morgan fingerprint density at radius 1 is 1.60 bits per heavy atom. The number of carbonyl (C=O) groups excluding carboxylic acids is 1. The van der Waals surface area contributed by atoms with Gasteiger partial charge in [0.15, 0.2) is 0 Å². The molecule has 0 radical (unpaired) electrons. The van der Waals surface area contributed by atoms with Crippen LogP contribution in [0.5, 0.6) is 5.75 Å². The molecule has 0 aliphatic heterocycles. The average molecular weight is 230 g/mol. The Bertz CT molecular complexity index is 379. The molecule has 0 saturated heterocycles. The van der Waals surface area contributed by atoms with Crippen LogP contribution in [0.25, 0.3) is 0 Å². The van der Waals surface area contributed by atoms with Crippen LogP contribution in [0.3, 0.4) is 0 Å². The van der Waals surface area contributed by atoms with Crippen molar-refractivity contribution >= 4 is 23.3 Å². The summed E-state index contributed by atoms with van der Waals surface area (Å²) in [5.41, 5.74) is 6.15. The first-order chi connectivity index (χ1) is 7.06. The lowest BCUT2D eigenvalue weighted by atomic mass is 10.1. The van der Waals surface area contributed by atoms with Gasteiger partial charge in [-0.2, -0.15) is 0 Å². The van der Waals surface area contributed by atoms with Gasteiger partial charge >= 0.3 is 5.97 Å². The maximum Gasteiger partial charge on any atom is 0.310 e. The van der Waals surface area contributed by atoms with Crippen molar-refractivity contribution in [2.75, 3.05) is 12.3 Å². The van der Waals surface area contributed by atoms with Crippen LogP contribution in [0.2, 0.25) is 5.02 Å². The molecule has 0 heterocycles. The van der Waals surface area contributed by atoms with Crippen LogP contribution in [0.15, 0.2) is 12.1 Å². The molecule has 0 bridgehead atoms. The van der Waals surface area contributed by atoms with E-state index in [1.54, 1.807) is 6.92 Å². The standard InChI is InChI=1S/C10H12ClNO3/c1-2-15-9(14)5-6-8(13)4-3-7(11)10(6)12/h3-4,13H,2,5,12H2,1H3. The van der Waals surface area contributed by atoms with Crippen molar-refractivity contribution in [3.63, 3.8) is 0 Å². The molecule has 3 N–H and O–H groups in total. The maximum absolute atomic E-state index is 11.2. The molecule has 0 aromatic heterocycles. The third-order valence-corrected chi connectivity index (χ3v) is 2.24.